The van der Waals surface area contributed by atoms with Crippen LogP contribution >= 0.6 is 34.8 Å². The molecule has 0 atom stereocenters. The first-order valence-electron chi connectivity index (χ1n) is 6.91. The van der Waals surface area contributed by atoms with E-state index in [1.54, 1.807) is 18.3 Å². The first kappa shape index (κ1) is 17.8. The maximum Gasteiger partial charge on any atom is 0.364 e. The maximum atomic E-state index is 11.8. The van der Waals surface area contributed by atoms with E-state index >= 15 is 0 Å². The molecule has 120 valence electrons. The second kappa shape index (κ2) is 7.82. The molecule has 0 aliphatic rings. The number of rotatable bonds is 4. The summed E-state index contributed by atoms with van der Waals surface area (Å²) in [6, 6.07) is 14.9. The summed E-state index contributed by atoms with van der Waals surface area (Å²) in [4.78, 5) is 16.1. The SMILES string of the molecule is CCc1ccc(N=Cc2ccccc2)c(OC(=O)C(Cl)(Cl)Cl)c1. The Bertz CT molecular complexity index is 710. The fraction of sp³-hybridized carbons (Fsp3) is 0.176. The van der Waals surface area contributed by atoms with Gasteiger partial charge in [-0.25, -0.2) is 4.79 Å². The molecule has 0 radical (unpaired) electrons. The number of alkyl halides is 3. The highest BCUT2D eigenvalue weighted by atomic mass is 35.6. The van der Waals surface area contributed by atoms with Gasteiger partial charge in [-0.3, -0.25) is 4.99 Å². The lowest BCUT2D eigenvalue weighted by atomic mass is 10.1. The van der Waals surface area contributed by atoms with Gasteiger partial charge < -0.3 is 4.74 Å². The smallest absolute Gasteiger partial charge is 0.364 e. The second-order valence-corrected chi connectivity index (χ2v) is 6.99. The molecule has 0 N–H and O–H groups in total. The number of nitrogens with zero attached hydrogens (tertiary/aromatic N) is 1. The van der Waals surface area contributed by atoms with Gasteiger partial charge in [0.2, 0.25) is 0 Å². The first-order valence-corrected chi connectivity index (χ1v) is 8.04. The van der Waals surface area contributed by atoms with Crippen molar-refractivity contribution < 1.29 is 9.53 Å². The van der Waals surface area contributed by atoms with Crippen LogP contribution in [-0.4, -0.2) is 16.0 Å². The van der Waals surface area contributed by atoms with Gasteiger partial charge in [0.15, 0.2) is 5.75 Å². The molecule has 3 nitrogen and oxygen atoms in total. The largest absolute Gasteiger partial charge is 0.421 e. The number of hydrogen-bond donors (Lipinski definition) is 0. The number of benzene rings is 2. The van der Waals surface area contributed by atoms with E-state index in [-0.39, 0.29) is 5.75 Å². The minimum Gasteiger partial charge on any atom is -0.421 e. The quantitative estimate of drug-likeness (QED) is 0.318. The minimum atomic E-state index is -2.14. The van der Waals surface area contributed by atoms with Crippen LogP contribution < -0.4 is 4.74 Å². The van der Waals surface area contributed by atoms with Crippen molar-refractivity contribution in [3.8, 4) is 5.75 Å². The molecule has 0 bridgehead atoms. The Labute approximate surface area is 149 Å². The molecule has 23 heavy (non-hydrogen) atoms. The Kier molecular flexibility index (Phi) is 6.05. The third kappa shape index (κ3) is 5.24. The van der Waals surface area contributed by atoms with Gasteiger partial charge >= 0.3 is 5.97 Å². The Morgan fingerprint density at radius 1 is 1.17 bits per heavy atom. The minimum absolute atomic E-state index is 0.257. The molecule has 0 aromatic heterocycles. The third-order valence-electron chi connectivity index (χ3n) is 3.02. The number of hydrogen-bond acceptors (Lipinski definition) is 3. The zero-order chi connectivity index (χ0) is 16.9. The summed E-state index contributed by atoms with van der Waals surface area (Å²) >= 11 is 16.7. The number of esters is 1. The van der Waals surface area contributed by atoms with Crippen molar-refractivity contribution in [1.82, 2.24) is 0 Å². The predicted octanol–water partition coefficient (Wildman–Crippen LogP) is 5.28. The molecule has 0 saturated heterocycles. The van der Waals surface area contributed by atoms with Crippen LogP contribution in [0.5, 0.6) is 5.75 Å². The summed E-state index contributed by atoms with van der Waals surface area (Å²) in [5.74, 6) is -0.709. The summed E-state index contributed by atoms with van der Waals surface area (Å²) in [5, 5.41) is 0. The van der Waals surface area contributed by atoms with Crippen molar-refractivity contribution in [3.63, 3.8) is 0 Å². The molecular weight excluding hydrogens is 357 g/mol. The Morgan fingerprint density at radius 3 is 2.48 bits per heavy atom. The number of aryl methyl sites for hydroxylation is 1. The van der Waals surface area contributed by atoms with E-state index in [2.05, 4.69) is 4.99 Å². The van der Waals surface area contributed by atoms with E-state index in [9.17, 15) is 4.79 Å². The van der Waals surface area contributed by atoms with Crippen molar-refractivity contribution in [1.29, 1.82) is 0 Å². The van der Waals surface area contributed by atoms with Crippen molar-refractivity contribution in [2.24, 2.45) is 4.99 Å². The molecule has 0 aliphatic carbocycles. The van der Waals surface area contributed by atoms with Gasteiger partial charge in [0.1, 0.15) is 5.69 Å². The van der Waals surface area contributed by atoms with Crippen LogP contribution in [0.25, 0.3) is 0 Å². The normalized spacial score (nSPS) is 11.7. The fourth-order valence-corrected chi connectivity index (χ4v) is 1.92. The molecule has 0 aliphatic heterocycles. The molecule has 2 aromatic rings. The lowest BCUT2D eigenvalue weighted by molar-refractivity contribution is -0.133. The van der Waals surface area contributed by atoms with Gasteiger partial charge in [0.05, 0.1) is 0 Å². The van der Waals surface area contributed by atoms with Crippen LogP contribution in [0, 0.1) is 0 Å². The average molecular weight is 371 g/mol. The second-order valence-electron chi connectivity index (χ2n) is 4.71. The van der Waals surface area contributed by atoms with Crippen molar-refractivity contribution in [3.05, 3.63) is 59.7 Å². The average Bonchev–Trinajstić information content (AvgIpc) is 2.53. The highest BCUT2D eigenvalue weighted by molar-refractivity contribution is 6.75. The number of carbonyl (C=O) groups excluding carboxylic acids is 1. The topological polar surface area (TPSA) is 38.7 Å². The summed E-state index contributed by atoms with van der Waals surface area (Å²) in [5.41, 5.74) is 2.38. The van der Waals surface area contributed by atoms with Gasteiger partial charge in [0, 0.05) is 6.21 Å². The zero-order valence-corrected chi connectivity index (χ0v) is 14.6. The number of halogens is 3. The maximum absolute atomic E-state index is 11.8. The summed E-state index contributed by atoms with van der Waals surface area (Å²) in [7, 11) is 0. The highest BCUT2D eigenvalue weighted by Crippen LogP contribution is 2.33. The van der Waals surface area contributed by atoms with E-state index in [0.717, 1.165) is 17.5 Å². The van der Waals surface area contributed by atoms with Crippen LogP contribution in [0.1, 0.15) is 18.1 Å². The number of carbonyl (C=O) groups is 1. The predicted molar refractivity (Wildman–Crippen MR) is 95.4 cm³/mol. The highest BCUT2D eigenvalue weighted by Gasteiger charge is 2.33. The molecule has 6 heteroatoms. The van der Waals surface area contributed by atoms with Crippen LogP contribution in [0.4, 0.5) is 5.69 Å². The van der Waals surface area contributed by atoms with E-state index in [1.165, 1.54) is 0 Å². The number of ether oxygens (including phenoxy) is 1. The molecule has 2 rings (SSSR count). The van der Waals surface area contributed by atoms with Crippen molar-refractivity contribution in [2.75, 3.05) is 0 Å². The summed E-state index contributed by atoms with van der Waals surface area (Å²) in [6.45, 7) is 1.99. The summed E-state index contributed by atoms with van der Waals surface area (Å²) in [6.07, 6.45) is 2.45. The number of aliphatic imine (C=N–C) groups is 1. The van der Waals surface area contributed by atoms with E-state index in [1.807, 2.05) is 43.3 Å². The zero-order valence-electron chi connectivity index (χ0n) is 12.3. The molecule has 0 fully saturated rings. The van der Waals surface area contributed by atoms with Crippen molar-refractivity contribution >= 4 is 52.7 Å². The first-order chi connectivity index (χ1) is 10.9. The Balaban J connectivity index is 2.31. The van der Waals surface area contributed by atoms with Gasteiger partial charge in [-0.1, -0.05) is 78.1 Å². The van der Waals surface area contributed by atoms with Gasteiger partial charge in [-0.2, -0.15) is 0 Å². The fourth-order valence-electron chi connectivity index (χ4n) is 1.81. The molecule has 2 aromatic carbocycles. The molecule has 0 spiro atoms. The van der Waals surface area contributed by atoms with Crippen LogP contribution in [0.2, 0.25) is 0 Å². The molecule has 0 unspecified atom stereocenters. The van der Waals surface area contributed by atoms with Gasteiger partial charge in [0.25, 0.3) is 3.79 Å². The Hall–Kier alpha value is -1.55. The summed E-state index contributed by atoms with van der Waals surface area (Å²) < 4.78 is 3.06. The van der Waals surface area contributed by atoms with Crippen molar-refractivity contribution in [2.45, 2.75) is 17.1 Å². The molecular formula is C17H14Cl3NO2. The lowest BCUT2D eigenvalue weighted by Crippen LogP contribution is -2.24. The van der Waals surface area contributed by atoms with Gasteiger partial charge in [-0.05, 0) is 29.7 Å². The monoisotopic (exact) mass is 369 g/mol. The molecule has 0 saturated carbocycles. The van der Waals surface area contributed by atoms with E-state index in [4.69, 9.17) is 39.5 Å². The van der Waals surface area contributed by atoms with Crippen LogP contribution in [0.3, 0.4) is 0 Å². The standard InChI is InChI=1S/C17H14Cl3NO2/c1-2-12-8-9-14(21-11-13-6-4-3-5-7-13)15(10-12)23-16(22)17(18,19)20/h3-11H,2H2,1H3. The van der Waals surface area contributed by atoms with E-state index in [0.29, 0.717) is 5.69 Å². The van der Waals surface area contributed by atoms with Crippen LogP contribution in [-0.2, 0) is 11.2 Å². The molecule has 0 heterocycles. The molecule has 0 amide bonds. The van der Waals surface area contributed by atoms with E-state index < -0.39 is 9.76 Å². The Morgan fingerprint density at radius 2 is 1.87 bits per heavy atom. The lowest BCUT2D eigenvalue weighted by Gasteiger charge is -2.12. The third-order valence-corrected chi connectivity index (χ3v) is 3.48. The van der Waals surface area contributed by atoms with Gasteiger partial charge in [-0.15, -0.1) is 0 Å². The van der Waals surface area contributed by atoms with Crippen LogP contribution in [0.15, 0.2) is 53.5 Å².